The number of halogens is 1. The first kappa shape index (κ1) is 20.2. The van der Waals surface area contributed by atoms with Crippen LogP contribution in [0.1, 0.15) is 28.8 Å². The maximum Gasteiger partial charge on any atom is 0.253 e. The smallest absolute Gasteiger partial charge is 0.253 e. The first-order chi connectivity index (χ1) is 13.9. The molecule has 2 aliphatic rings. The summed E-state index contributed by atoms with van der Waals surface area (Å²) in [7, 11) is 0. The predicted octanol–water partition coefficient (Wildman–Crippen LogP) is 4.15. The number of hydrogen-bond acceptors (Lipinski definition) is 4. The summed E-state index contributed by atoms with van der Waals surface area (Å²) in [6.45, 7) is 3.18. The fraction of sp³-hybridized carbons (Fsp3) is 0.435. The van der Waals surface area contributed by atoms with Crippen LogP contribution in [0.15, 0.2) is 47.4 Å². The van der Waals surface area contributed by atoms with E-state index in [2.05, 4.69) is 0 Å². The van der Waals surface area contributed by atoms with Gasteiger partial charge in [-0.15, -0.1) is 11.8 Å². The first-order valence-electron chi connectivity index (χ1n) is 9.99. The molecule has 0 bridgehead atoms. The third-order valence-electron chi connectivity index (χ3n) is 6.07. The molecular weight excluding hydrogens is 389 g/mol. The van der Waals surface area contributed by atoms with Gasteiger partial charge in [0.25, 0.3) is 5.91 Å². The van der Waals surface area contributed by atoms with E-state index in [4.69, 9.17) is 4.74 Å². The number of amides is 1. The van der Waals surface area contributed by atoms with Crippen molar-refractivity contribution < 1.29 is 19.0 Å². The summed E-state index contributed by atoms with van der Waals surface area (Å²) in [5, 5.41) is 10.6. The van der Waals surface area contributed by atoms with Gasteiger partial charge >= 0.3 is 0 Å². The average Bonchev–Trinajstić information content (AvgIpc) is 3.13. The SMILES string of the molecule is CSc1ccc(C(=O)N2C[C@H]3C[C@@H](Oc4cc(C)ccc4F)[C@H](O)C[C@H]3C2)cc1. The Morgan fingerprint density at radius 3 is 2.52 bits per heavy atom. The number of hydrogen-bond donors (Lipinski definition) is 1. The summed E-state index contributed by atoms with van der Waals surface area (Å²) >= 11 is 1.65. The molecule has 0 radical (unpaired) electrons. The second-order valence-electron chi connectivity index (χ2n) is 8.09. The second-order valence-corrected chi connectivity index (χ2v) is 8.97. The Hall–Kier alpha value is -2.05. The molecule has 0 spiro atoms. The van der Waals surface area contributed by atoms with Crippen molar-refractivity contribution in [3.05, 3.63) is 59.4 Å². The molecule has 4 rings (SSSR count). The van der Waals surface area contributed by atoms with Crippen molar-refractivity contribution in [1.82, 2.24) is 4.90 Å². The molecule has 1 aliphatic carbocycles. The molecule has 29 heavy (non-hydrogen) atoms. The number of aliphatic hydroxyl groups is 1. The molecule has 1 N–H and O–H groups in total. The number of carbonyl (C=O) groups excluding carboxylic acids is 1. The van der Waals surface area contributed by atoms with Gasteiger partial charge in [-0.25, -0.2) is 4.39 Å². The number of nitrogens with zero attached hydrogens (tertiary/aromatic N) is 1. The number of thioether (sulfide) groups is 1. The van der Waals surface area contributed by atoms with Crippen LogP contribution in [0.5, 0.6) is 5.75 Å². The summed E-state index contributed by atoms with van der Waals surface area (Å²) in [5.74, 6) is 0.310. The van der Waals surface area contributed by atoms with E-state index in [-0.39, 0.29) is 23.5 Å². The van der Waals surface area contributed by atoms with Crippen LogP contribution in [0, 0.1) is 24.6 Å². The van der Waals surface area contributed by atoms with Gasteiger partial charge in [0, 0.05) is 23.5 Å². The van der Waals surface area contributed by atoms with Crippen LogP contribution >= 0.6 is 11.8 Å². The molecule has 0 unspecified atom stereocenters. The van der Waals surface area contributed by atoms with Crippen molar-refractivity contribution in [3.63, 3.8) is 0 Å². The summed E-state index contributed by atoms with van der Waals surface area (Å²) in [4.78, 5) is 15.9. The van der Waals surface area contributed by atoms with Gasteiger partial charge in [0.2, 0.25) is 0 Å². The minimum absolute atomic E-state index is 0.0312. The highest BCUT2D eigenvalue weighted by atomic mass is 32.2. The Morgan fingerprint density at radius 1 is 1.14 bits per heavy atom. The topological polar surface area (TPSA) is 49.8 Å². The molecule has 1 saturated carbocycles. The molecule has 1 heterocycles. The van der Waals surface area contributed by atoms with Gasteiger partial charge in [-0.3, -0.25) is 4.79 Å². The van der Waals surface area contributed by atoms with Crippen molar-refractivity contribution in [2.24, 2.45) is 11.8 Å². The lowest BCUT2D eigenvalue weighted by Crippen LogP contribution is -2.42. The molecule has 1 saturated heterocycles. The Balaban J connectivity index is 1.43. The quantitative estimate of drug-likeness (QED) is 0.763. The van der Waals surface area contributed by atoms with Crippen LogP contribution in [0.4, 0.5) is 4.39 Å². The van der Waals surface area contributed by atoms with Crippen LogP contribution in [-0.4, -0.2) is 47.5 Å². The minimum Gasteiger partial charge on any atom is -0.485 e. The van der Waals surface area contributed by atoms with E-state index in [9.17, 15) is 14.3 Å². The number of fused-ring (bicyclic) bond motifs is 1. The number of benzene rings is 2. The van der Waals surface area contributed by atoms with Crippen LogP contribution in [0.25, 0.3) is 0 Å². The van der Waals surface area contributed by atoms with Crippen molar-refractivity contribution in [1.29, 1.82) is 0 Å². The van der Waals surface area contributed by atoms with Gasteiger partial charge in [-0.2, -0.15) is 0 Å². The zero-order valence-electron chi connectivity index (χ0n) is 16.7. The Morgan fingerprint density at radius 2 is 1.83 bits per heavy atom. The van der Waals surface area contributed by atoms with E-state index in [1.54, 1.807) is 23.9 Å². The zero-order valence-corrected chi connectivity index (χ0v) is 17.5. The Kier molecular flexibility index (Phi) is 5.83. The third kappa shape index (κ3) is 4.28. The van der Waals surface area contributed by atoms with E-state index in [1.165, 1.54) is 6.07 Å². The van der Waals surface area contributed by atoms with Gasteiger partial charge in [0.05, 0.1) is 6.10 Å². The van der Waals surface area contributed by atoms with Gasteiger partial charge < -0.3 is 14.7 Å². The highest BCUT2D eigenvalue weighted by molar-refractivity contribution is 7.98. The summed E-state index contributed by atoms with van der Waals surface area (Å²) in [6, 6.07) is 12.4. The largest absolute Gasteiger partial charge is 0.485 e. The molecule has 6 heteroatoms. The number of ether oxygens (including phenoxy) is 1. The van der Waals surface area contributed by atoms with Crippen LogP contribution in [0.3, 0.4) is 0 Å². The van der Waals surface area contributed by atoms with Crippen molar-refractivity contribution in [2.75, 3.05) is 19.3 Å². The Labute approximate surface area is 175 Å². The van der Waals surface area contributed by atoms with E-state index in [0.717, 1.165) is 10.5 Å². The summed E-state index contributed by atoms with van der Waals surface area (Å²) < 4.78 is 19.9. The highest BCUT2D eigenvalue weighted by Gasteiger charge is 2.44. The van der Waals surface area contributed by atoms with E-state index in [0.29, 0.717) is 31.5 Å². The number of carbonyl (C=O) groups is 1. The summed E-state index contributed by atoms with van der Waals surface area (Å²) in [6.07, 6.45) is 2.08. The molecular formula is C23H26FNO3S. The van der Waals surface area contributed by atoms with E-state index < -0.39 is 18.0 Å². The van der Waals surface area contributed by atoms with E-state index >= 15 is 0 Å². The number of aryl methyl sites for hydroxylation is 1. The fourth-order valence-corrected chi connectivity index (χ4v) is 4.87. The lowest BCUT2D eigenvalue weighted by Gasteiger charge is -2.35. The second kappa shape index (κ2) is 8.36. The molecule has 1 aliphatic heterocycles. The molecule has 2 aromatic carbocycles. The van der Waals surface area contributed by atoms with Crippen LogP contribution < -0.4 is 4.74 Å². The maximum atomic E-state index is 14.1. The van der Waals surface area contributed by atoms with Crippen LogP contribution in [-0.2, 0) is 0 Å². The number of likely N-dealkylation sites (tertiary alicyclic amines) is 1. The average molecular weight is 416 g/mol. The fourth-order valence-electron chi connectivity index (χ4n) is 4.46. The predicted molar refractivity (Wildman–Crippen MR) is 112 cm³/mol. The third-order valence-corrected chi connectivity index (χ3v) is 6.82. The van der Waals surface area contributed by atoms with Crippen molar-refractivity contribution in [3.8, 4) is 5.75 Å². The van der Waals surface area contributed by atoms with Gasteiger partial charge in [-0.05, 0) is 79.8 Å². The highest BCUT2D eigenvalue weighted by Crippen LogP contribution is 2.39. The maximum absolute atomic E-state index is 14.1. The van der Waals surface area contributed by atoms with Crippen molar-refractivity contribution >= 4 is 17.7 Å². The number of rotatable bonds is 4. The minimum atomic E-state index is -0.660. The monoisotopic (exact) mass is 415 g/mol. The van der Waals surface area contributed by atoms with Gasteiger partial charge in [-0.1, -0.05) is 6.07 Å². The first-order valence-corrected chi connectivity index (χ1v) is 11.2. The zero-order chi connectivity index (χ0) is 20.5. The molecule has 4 nitrogen and oxygen atoms in total. The molecule has 4 atom stereocenters. The lowest BCUT2D eigenvalue weighted by molar-refractivity contribution is -0.0246. The Bertz CT molecular complexity index is 888. The molecule has 1 amide bonds. The summed E-state index contributed by atoms with van der Waals surface area (Å²) in [5.41, 5.74) is 1.60. The molecule has 0 aromatic heterocycles. The molecule has 154 valence electrons. The normalized spacial score (nSPS) is 26.3. The van der Waals surface area contributed by atoms with Crippen LogP contribution in [0.2, 0.25) is 0 Å². The molecule has 2 aromatic rings. The molecule has 2 fully saturated rings. The van der Waals surface area contributed by atoms with Crippen molar-refractivity contribution in [2.45, 2.75) is 36.9 Å². The van der Waals surface area contributed by atoms with E-state index in [1.807, 2.05) is 42.3 Å². The number of aliphatic hydroxyl groups excluding tert-OH is 1. The standard InChI is InChI=1S/C23H26FNO3S/c1-14-3-8-19(24)21(9-14)28-22-11-17-13-25(12-16(17)10-20(22)26)23(27)15-4-6-18(29-2)7-5-15/h3-9,16-17,20,22,26H,10-13H2,1-2H3/t16-,17+,20+,22+/m0/s1. The van der Waals surface area contributed by atoms with Gasteiger partial charge in [0.15, 0.2) is 11.6 Å². The van der Waals surface area contributed by atoms with Gasteiger partial charge in [0.1, 0.15) is 6.10 Å². The lowest BCUT2D eigenvalue weighted by atomic mass is 9.78.